The highest BCUT2D eigenvalue weighted by atomic mass is 35.5. The molecule has 17 heavy (non-hydrogen) atoms. The molecule has 2 nitrogen and oxygen atoms in total. The van der Waals surface area contributed by atoms with Crippen LogP contribution >= 0.6 is 11.6 Å². The topological polar surface area (TPSA) is 27.8 Å². The van der Waals surface area contributed by atoms with Crippen molar-refractivity contribution in [1.29, 1.82) is 0 Å². The summed E-state index contributed by atoms with van der Waals surface area (Å²) >= 11 is 6.06. The minimum atomic E-state index is 0.200. The van der Waals surface area contributed by atoms with Gasteiger partial charge in [-0.25, -0.2) is 0 Å². The van der Waals surface area contributed by atoms with Crippen molar-refractivity contribution in [3.8, 4) is 0 Å². The summed E-state index contributed by atoms with van der Waals surface area (Å²) in [6, 6.07) is 10.5. The van der Waals surface area contributed by atoms with Gasteiger partial charge in [-0.15, -0.1) is 0 Å². The highest BCUT2D eigenvalue weighted by Gasteiger charge is 2.14. The van der Waals surface area contributed by atoms with Crippen molar-refractivity contribution >= 4 is 11.6 Å². The Morgan fingerprint density at radius 2 is 2.18 bits per heavy atom. The first kappa shape index (κ1) is 12.2. The van der Waals surface area contributed by atoms with E-state index in [-0.39, 0.29) is 6.04 Å². The third-order valence-corrected chi connectivity index (χ3v) is 3.28. The number of aryl methyl sites for hydroxylation is 1. The second-order valence-corrected chi connectivity index (χ2v) is 4.53. The smallest absolute Gasteiger partial charge is 0.0729 e. The quantitative estimate of drug-likeness (QED) is 0.849. The van der Waals surface area contributed by atoms with E-state index in [2.05, 4.69) is 35.4 Å². The maximum atomic E-state index is 6.06. The molecule has 0 saturated heterocycles. The Kier molecular flexibility index (Phi) is 3.87. The summed E-state index contributed by atoms with van der Waals surface area (Å²) in [5, 5.41) is 4.29. The average molecular weight is 249 g/mol. The molecule has 0 aliphatic carbocycles. The summed E-state index contributed by atoms with van der Waals surface area (Å²) in [4.78, 5) is 3.26. The number of hydrogen-bond donors (Lipinski definition) is 2. The third kappa shape index (κ3) is 2.71. The molecule has 2 N–H and O–H groups in total. The van der Waals surface area contributed by atoms with E-state index < -0.39 is 0 Å². The maximum Gasteiger partial charge on any atom is 0.0729 e. The van der Waals surface area contributed by atoms with Crippen molar-refractivity contribution in [3.05, 3.63) is 58.4 Å². The molecule has 0 spiro atoms. The molecule has 1 unspecified atom stereocenters. The first-order valence-electron chi connectivity index (χ1n) is 5.85. The number of benzene rings is 1. The lowest BCUT2D eigenvalue weighted by atomic mass is 10.0. The van der Waals surface area contributed by atoms with E-state index in [9.17, 15) is 0 Å². The summed E-state index contributed by atoms with van der Waals surface area (Å²) in [5.41, 5.74) is 3.52. The Morgan fingerprint density at radius 3 is 2.76 bits per heavy atom. The zero-order chi connectivity index (χ0) is 12.3. The fourth-order valence-electron chi connectivity index (χ4n) is 1.98. The number of H-pyrrole nitrogens is 1. The number of rotatable bonds is 4. The number of halogens is 1. The molecular weight excluding hydrogens is 232 g/mol. The van der Waals surface area contributed by atoms with Gasteiger partial charge in [-0.05, 0) is 42.8 Å². The summed E-state index contributed by atoms with van der Waals surface area (Å²) < 4.78 is 0. The van der Waals surface area contributed by atoms with Gasteiger partial charge in [-0.2, -0.15) is 0 Å². The third-order valence-electron chi connectivity index (χ3n) is 2.86. The van der Waals surface area contributed by atoms with Gasteiger partial charge in [-0.1, -0.05) is 30.7 Å². The van der Waals surface area contributed by atoms with Crippen molar-refractivity contribution in [2.24, 2.45) is 0 Å². The first-order chi connectivity index (χ1) is 8.22. The lowest BCUT2D eigenvalue weighted by molar-refractivity contribution is 0.618. The van der Waals surface area contributed by atoms with Gasteiger partial charge < -0.3 is 10.3 Å². The van der Waals surface area contributed by atoms with Gasteiger partial charge in [0.2, 0.25) is 0 Å². The molecule has 0 aliphatic heterocycles. The Labute approximate surface area is 107 Å². The van der Waals surface area contributed by atoms with Crippen LogP contribution in [-0.4, -0.2) is 11.5 Å². The number of aromatic amines is 1. The fraction of sp³-hybridized carbons (Fsp3) is 0.286. The van der Waals surface area contributed by atoms with Crippen molar-refractivity contribution in [2.75, 3.05) is 6.54 Å². The minimum absolute atomic E-state index is 0.200. The van der Waals surface area contributed by atoms with Crippen LogP contribution in [0.3, 0.4) is 0 Å². The Bertz CT molecular complexity index is 477. The monoisotopic (exact) mass is 248 g/mol. The van der Waals surface area contributed by atoms with Gasteiger partial charge in [0.1, 0.15) is 0 Å². The van der Waals surface area contributed by atoms with Crippen molar-refractivity contribution in [2.45, 2.75) is 19.9 Å². The number of nitrogens with one attached hydrogen (secondary N) is 2. The second kappa shape index (κ2) is 5.39. The van der Waals surface area contributed by atoms with E-state index in [0.29, 0.717) is 0 Å². The van der Waals surface area contributed by atoms with Crippen LogP contribution in [0, 0.1) is 6.92 Å². The van der Waals surface area contributed by atoms with Crippen LogP contribution in [0.15, 0.2) is 36.5 Å². The average Bonchev–Trinajstić information content (AvgIpc) is 2.83. The molecule has 0 bridgehead atoms. The second-order valence-electron chi connectivity index (χ2n) is 4.12. The summed E-state index contributed by atoms with van der Waals surface area (Å²) in [6.45, 7) is 5.06. The summed E-state index contributed by atoms with van der Waals surface area (Å²) in [5.74, 6) is 0. The van der Waals surface area contributed by atoms with E-state index in [1.807, 2.05) is 25.3 Å². The Hall–Kier alpha value is -1.25. The van der Waals surface area contributed by atoms with Gasteiger partial charge in [0, 0.05) is 16.9 Å². The Balaban J connectivity index is 2.35. The van der Waals surface area contributed by atoms with Crippen LogP contribution in [0.5, 0.6) is 0 Å². The van der Waals surface area contributed by atoms with Crippen LogP contribution in [0.1, 0.15) is 29.8 Å². The summed E-state index contributed by atoms with van der Waals surface area (Å²) in [6.07, 6.45) is 1.95. The number of aromatic nitrogens is 1. The van der Waals surface area contributed by atoms with E-state index in [4.69, 9.17) is 11.6 Å². The zero-order valence-electron chi connectivity index (χ0n) is 10.1. The van der Waals surface area contributed by atoms with Crippen molar-refractivity contribution in [1.82, 2.24) is 10.3 Å². The van der Waals surface area contributed by atoms with E-state index in [1.54, 1.807) is 0 Å². The molecule has 1 heterocycles. The van der Waals surface area contributed by atoms with Gasteiger partial charge in [0.05, 0.1) is 6.04 Å². The van der Waals surface area contributed by atoms with E-state index in [0.717, 1.165) is 17.1 Å². The Morgan fingerprint density at radius 1 is 1.35 bits per heavy atom. The largest absolute Gasteiger partial charge is 0.363 e. The molecule has 3 heteroatoms. The molecule has 90 valence electrons. The lowest BCUT2D eigenvalue weighted by Gasteiger charge is -2.18. The molecule has 0 fully saturated rings. The van der Waals surface area contributed by atoms with Gasteiger partial charge in [0.25, 0.3) is 0 Å². The molecule has 2 aromatic rings. The summed E-state index contributed by atoms with van der Waals surface area (Å²) in [7, 11) is 0. The van der Waals surface area contributed by atoms with E-state index >= 15 is 0 Å². The van der Waals surface area contributed by atoms with Crippen LogP contribution in [0.25, 0.3) is 0 Å². The fourth-order valence-corrected chi connectivity index (χ4v) is 2.10. The minimum Gasteiger partial charge on any atom is -0.363 e. The lowest BCUT2D eigenvalue weighted by Crippen LogP contribution is -2.22. The van der Waals surface area contributed by atoms with Crippen molar-refractivity contribution < 1.29 is 0 Å². The normalized spacial score (nSPS) is 12.6. The standard InChI is InChI=1S/C14H17ClN2/c1-3-16-14(13-5-4-8-17-13)11-6-7-12(15)10(2)9-11/h4-9,14,16-17H,3H2,1-2H3. The zero-order valence-corrected chi connectivity index (χ0v) is 10.9. The predicted octanol–water partition coefficient (Wildman–Crippen LogP) is 3.68. The van der Waals surface area contributed by atoms with Gasteiger partial charge in [-0.3, -0.25) is 0 Å². The van der Waals surface area contributed by atoms with Crippen LogP contribution in [0.2, 0.25) is 5.02 Å². The SMILES string of the molecule is CCNC(c1ccc(Cl)c(C)c1)c1ccc[nH]1. The molecule has 0 amide bonds. The molecule has 0 radical (unpaired) electrons. The number of hydrogen-bond acceptors (Lipinski definition) is 1. The molecule has 2 rings (SSSR count). The van der Waals surface area contributed by atoms with Crippen molar-refractivity contribution in [3.63, 3.8) is 0 Å². The van der Waals surface area contributed by atoms with Crippen LogP contribution in [-0.2, 0) is 0 Å². The molecule has 1 atom stereocenters. The van der Waals surface area contributed by atoms with Crippen LogP contribution < -0.4 is 5.32 Å². The molecular formula is C14H17ClN2. The van der Waals surface area contributed by atoms with Gasteiger partial charge >= 0.3 is 0 Å². The van der Waals surface area contributed by atoms with Gasteiger partial charge in [0.15, 0.2) is 0 Å². The van der Waals surface area contributed by atoms with E-state index in [1.165, 1.54) is 11.3 Å². The molecule has 0 saturated carbocycles. The molecule has 1 aromatic carbocycles. The highest BCUT2D eigenvalue weighted by molar-refractivity contribution is 6.31. The van der Waals surface area contributed by atoms with Crippen LogP contribution in [0.4, 0.5) is 0 Å². The molecule has 1 aromatic heterocycles. The predicted molar refractivity (Wildman–Crippen MR) is 72.5 cm³/mol. The highest BCUT2D eigenvalue weighted by Crippen LogP contribution is 2.24. The first-order valence-corrected chi connectivity index (χ1v) is 6.23. The molecule has 0 aliphatic rings. The maximum absolute atomic E-state index is 6.06.